The molecular weight excluding hydrogens is 264 g/mol. The Morgan fingerprint density at radius 2 is 2.00 bits per heavy atom. The second-order valence-corrected chi connectivity index (χ2v) is 5.03. The Morgan fingerprint density at radius 1 is 1.19 bits per heavy atom. The zero-order chi connectivity index (χ0) is 15.1. The van der Waals surface area contributed by atoms with Crippen LogP contribution in [-0.2, 0) is 12.8 Å². The normalized spacial score (nSPS) is 11.2. The maximum atomic E-state index is 5.59. The molecular formula is C16H24N4O. The maximum absolute atomic E-state index is 5.59. The van der Waals surface area contributed by atoms with Crippen molar-refractivity contribution < 1.29 is 4.52 Å². The van der Waals surface area contributed by atoms with Gasteiger partial charge in [0, 0.05) is 18.5 Å². The third kappa shape index (κ3) is 4.37. The van der Waals surface area contributed by atoms with Gasteiger partial charge < -0.3 is 15.2 Å². The van der Waals surface area contributed by atoms with Gasteiger partial charge in [-0.2, -0.15) is 4.98 Å². The van der Waals surface area contributed by atoms with Crippen molar-refractivity contribution in [2.75, 3.05) is 26.2 Å². The molecule has 1 heterocycles. The minimum absolute atomic E-state index is 0.586. The largest absolute Gasteiger partial charge is 0.334 e. The molecule has 0 aliphatic rings. The Labute approximate surface area is 126 Å². The van der Waals surface area contributed by atoms with Crippen LogP contribution in [0, 0.1) is 0 Å². The average Bonchev–Trinajstić information content (AvgIpc) is 2.98. The van der Waals surface area contributed by atoms with Crippen LogP contribution in [0.1, 0.15) is 25.2 Å². The van der Waals surface area contributed by atoms with Crippen LogP contribution in [-0.4, -0.2) is 41.2 Å². The number of aromatic nitrogens is 2. The summed E-state index contributed by atoms with van der Waals surface area (Å²) in [6.07, 6.45) is 1.67. The summed E-state index contributed by atoms with van der Waals surface area (Å²) < 4.78 is 5.37. The van der Waals surface area contributed by atoms with Crippen LogP contribution >= 0.6 is 0 Å². The fraction of sp³-hybridized carbons (Fsp3) is 0.500. The summed E-state index contributed by atoms with van der Waals surface area (Å²) in [5.41, 5.74) is 7.74. The molecule has 2 aromatic rings. The molecule has 0 bridgehead atoms. The SMILES string of the molecule is CCN(CC)CCc1noc(-c2cccc(CCN)c2)n1. The Bertz CT molecular complexity index is 549. The van der Waals surface area contributed by atoms with Crippen molar-refractivity contribution in [3.05, 3.63) is 35.7 Å². The van der Waals surface area contributed by atoms with Crippen molar-refractivity contribution in [3.8, 4) is 11.5 Å². The van der Waals surface area contributed by atoms with Crippen LogP contribution < -0.4 is 5.73 Å². The maximum Gasteiger partial charge on any atom is 0.257 e. The molecule has 0 saturated heterocycles. The molecule has 5 nitrogen and oxygen atoms in total. The lowest BCUT2D eigenvalue weighted by molar-refractivity contribution is 0.303. The van der Waals surface area contributed by atoms with Gasteiger partial charge in [-0.25, -0.2) is 0 Å². The Morgan fingerprint density at radius 3 is 2.71 bits per heavy atom. The van der Waals surface area contributed by atoms with Crippen LogP contribution in [0.2, 0.25) is 0 Å². The van der Waals surface area contributed by atoms with E-state index in [1.807, 2.05) is 12.1 Å². The number of rotatable bonds is 8. The second kappa shape index (κ2) is 7.90. The van der Waals surface area contributed by atoms with Gasteiger partial charge in [-0.1, -0.05) is 31.1 Å². The lowest BCUT2D eigenvalue weighted by Crippen LogP contribution is -2.25. The summed E-state index contributed by atoms with van der Waals surface area (Å²) in [4.78, 5) is 6.83. The van der Waals surface area contributed by atoms with Gasteiger partial charge in [0.05, 0.1) is 0 Å². The van der Waals surface area contributed by atoms with Crippen LogP contribution in [0.15, 0.2) is 28.8 Å². The number of benzene rings is 1. The summed E-state index contributed by atoms with van der Waals surface area (Å²) in [5.74, 6) is 1.35. The van der Waals surface area contributed by atoms with E-state index in [2.05, 4.69) is 41.0 Å². The van der Waals surface area contributed by atoms with Gasteiger partial charge >= 0.3 is 0 Å². The van der Waals surface area contributed by atoms with E-state index in [9.17, 15) is 0 Å². The van der Waals surface area contributed by atoms with Crippen LogP contribution in [0.25, 0.3) is 11.5 Å². The molecule has 0 atom stereocenters. The predicted octanol–water partition coefficient (Wildman–Crippen LogP) is 2.12. The Balaban J connectivity index is 2.03. The first-order chi connectivity index (χ1) is 10.3. The van der Waals surface area contributed by atoms with Crippen molar-refractivity contribution in [1.29, 1.82) is 0 Å². The standard InChI is InChI=1S/C16H24N4O/c1-3-20(4-2)11-9-15-18-16(21-19-15)14-7-5-6-13(12-14)8-10-17/h5-7,12H,3-4,8-11,17H2,1-2H3. The topological polar surface area (TPSA) is 68.2 Å². The molecule has 114 valence electrons. The summed E-state index contributed by atoms with van der Waals surface area (Å²) in [5, 5.41) is 4.07. The third-order valence-corrected chi connectivity index (χ3v) is 3.62. The molecule has 2 N–H and O–H groups in total. The number of hydrogen-bond donors (Lipinski definition) is 1. The molecule has 0 saturated carbocycles. The van der Waals surface area contributed by atoms with E-state index in [1.54, 1.807) is 0 Å². The molecule has 0 fully saturated rings. The van der Waals surface area contributed by atoms with Gasteiger partial charge in [-0.3, -0.25) is 0 Å². The van der Waals surface area contributed by atoms with Crippen molar-refractivity contribution in [1.82, 2.24) is 15.0 Å². The van der Waals surface area contributed by atoms with Gasteiger partial charge in [0.2, 0.25) is 0 Å². The average molecular weight is 288 g/mol. The Kier molecular flexibility index (Phi) is 5.90. The van der Waals surface area contributed by atoms with E-state index in [-0.39, 0.29) is 0 Å². The zero-order valence-electron chi connectivity index (χ0n) is 12.9. The summed E-state index contributed by atoms with van der Waals surface area (Å²) in [6, 6.07) is 8.12. The number of hydrogen-bond acceptors (Lipinski definition) is 5. The van der Waals surface area contributed by atoms with Gasteiger partial charge in [0.1, 0.15) is 0 Å². The van der Waals surface area contributed by atoms with E-state index in [1.165, 1.54) is 5.56 Å². The van der Waals surface area contributed by atoms with Crippen molar-refractivity contribution in [2.24, 2.45) is 5.73 Å². The van der Waals surface area contributed by atoms with E-state index in [0.29, 0.717) is 12.4 Å². The summed E-state index contributed by atoms with van der Waals surface area (Å²) in [6.45, 7) is 8.01. The molecule has 21 heavy (non-hydrogen) atoms. The number of likely N-dealkylation sites (N-methyl/N-ethyl adjacent to an activating group) is 1. The smallest absolute Gasteiger partial charge is 0.257 e. The lowest BCUT2D eigenvalue weighted by atomic mass is 10.1. The highest BCUT2D eigenvalue weighted by molar-refractivity contribution is 5.54. The molecule has 2 rings (SSSR count). The first-order valence-corrected chi connectivity index (χ1v) is 7.61. The van der Waals surface area contributed by atoms with E-state index in [4.69, 9.17) is 10.3 Å². The zero-order valence-corrected chi connectivity index (χ0v) is 12.9. The van der Waals surface area contributed by atoms with Crippen LogP contribution in [0.3, 0.4) is 0 Å². The van der Waals surface area contributed by atoms with Crippen LogP contribution in [0.5, 0.6) is 0 Å². The highest BCUT2D eigenvalue weighted by Gasteiger charge is 2.10. The molecule has 0 aliphatic heterocycles. The monoisotopic (exact) mass is 288 g/mol. The first-order valence-electron chi connectivity index (χ1n) is 7.61. The third-order valence-electron chi connectivity index (χ3n) is 3.62. The molecule has 0 aliphatic carbocycles. The number of nitrogens with zero attached hydrogens (tertiary/aromatic N) is 3. The van der Waals surface area contributed by atoms with Crippen molar-refractivity contribution in [3.63, 3.8) is 0 Å². The van der Waals surface area contributed by atoms with E-state index < -0.39 is 0 Å². The van der Waals surface area contributed by atoms with Gasteiger partial charge in [0.15, 0.2) is 5.82 Å². The van der Waals surface area contributed by atoms with Gasteiger partial charge in [-0.05, 0) is 43.8 Å². The quantitative estimate of drug-likeness (QED) is 0.806. The second-order valence-electron chi connectivity index (χ2n) is 5.03. The molecule has 0 unspecified atom stereocenters. The highest BCUT2D eigenvalue weighted by atomic mass is 16.5. The molecule has 0 spiro atoms. The highest BCUT2D eigenvalue weighted by Crippen LogP contribution is 2.18. The van der Waals surface area contributed by atoms with Crippen molar-refractivity contribution >= 4 is 0 Å². The van der Waals surface area contributed by atoms with Gasteiger partial charge in [-0.15, -0.1) is 0 Å². The molecule has 5 heteroatoms. The number of nitrogens with two attached hydrogens (primary N) is 1. The van der Waals surface area contributed by atoms with E-state index in [0.717, 1.165) is 43.9 Å². The van der Waals surface area contributed by atoms with Crippen LogP contribution in [0.4, 0.5) is 0 Å². The van der Waals surface area contributed by atoms with Crippen molar-refractivity contribution in [2.45, 2.75) is 26.7 Å². The van der Waals surface area contributed by atoms with E-state index >= 15 is 0 Å². The molecule has 1 aromatic heterocycles. The minimum atomic E-state index is 0.586. The van der Waals surface area contributed by atoms with Gasteiger partial charge in [0.25, 0.3) is 5.89 Å². The fourth-order valence-electron chi connectivity index (χ4n) is 2.30. The summed E-state index contributed by atoms with van der Waals surface area (Å²) >= 11 is 0. The molecule has 0 radical (unpaired) electrons. The lowest BCUT2D eigenvalue weighted by Gasteiger charge is -2.16. The molecule has 0 amide bonds. The molecule has 1 aromatic carbocycles. The minimum Gasteiger partial charge on any atom is -0.334 e. The summed E-state index contributed by atoms with van der Waals surface area (Å²) in [7, 11) is 0. The Hall–Kier alpha value is -1.72. The first kappa shape index (κ1) is 15.7. The predicted molar refractivity (Wildman–Crippen MR) is 84.0 cm³/mol. The fourth-order valence-corrected chi connectivity index (χ4v) is 2.30.